The second kappa shape index (κ2) is 7.91. The number of anilines is 1. The van der Waals surface area contributed by atoms with Crippen LogP contribution >= 0.6 is 22.9 Å². The first-order chi connectivity index (χ1) is 13.0. The zero-order valence-electron chi connectivity index (χ0n) is 15.6. The number of sulfone groups is 2. The Hall–Kier alpha value is -1.20. The molecule has 0 N–H and O–H groups in total. The quantitative estimate of drug-likeness (QED) is 0.671. The Morgan fingerprint density at radius 2 is 1.71 bits per heavy atom. The zero-order chi connectivity index (χ0) is 20.7. The molecule has 2 heterocycles. The van der Waals surface area contributed by atoms with Crippen LogP contribution in [-0.2, 0) is 24.4 Å². The summed E-state index contributed by atoms with van der Waals surface area (Å²) >= 11 is 6.76. The van der Waals surface area contributed by atoms with E-state index >= 15 is 0 Å². The molecular weight excluding hydrogens is 444 g/mol. The van der Waals surface area contributed by atoms with E-state index in [9.17, 15) is 16.8 Å². The van der Waals surface area contributed by atoms with Crippen molar-refractivity contribution in [3.05, 3.63) is 29.3 Å². The number of hydrogen-bond acceptors (Lipinski definition) is 8. The largest absolute Gasteiger partial charge is 0.372 e. The lowest BCUT2D eigenvalue weighted by Crippen LogP contribution is -2.45. The smallest absolute Gasteiger partial charge is 0.226 e. The molecule has 1 aliphatic heterocycles. The number of hydrogen-bond donors (Lipinski definition) is 0. The Balaban J connectivity index is 2.17. The first-order valence-electron chi connectivity index (χ1n) is 8.69. The Bertz CT molecular complexity index is 1050. The van der Waals surface area contributed by atoms with Gasteiger partial charge in [0.15, 0.2) is 5.03 Å². The van der Waals surface area contributed by atoms with Crippen molar-refractivity contribution in [2.75, 3.05) is 23.7 Å². The molecule has 1 aromatic carbocycles. The molecule has 2 atom stereocenters. The van der Waals surface area contributed by atoms with E-state index in [4.69, 9.17) is 16.3 Å². The van der Waals surface area contributed by atoms with Gasteiger partial charge in [-0.1, -0.05) is 29.9 Å². The molecule has 11 heteroatoms. The molecular formula is C17H21ClN2O5S3. The van der Waals surface area contributed by atoms with Crippen molar-refractivity contribution >= 4 is 47.6 Å². The molecule has 0 unspecified atom stereocenters. The minimum Gasteiger partial charge on any atom is -0.372 e. The number of ether oxygens (including phenoxy) is 1. The van der Waals surface area contributed by atoms with Gasteiger partial charge >= 0.3 is 0 Å². The number of aromatic nitrogens is 1. The molecule has 0 spiro atoms. The zero-order valence-corrected chi connectivity index (χ0v) is 18.8. The highest BCUT2D eigenvalue weighted by Crippen LogP contribution is 2.38. The van der Waals surface area contributed by atoms with Gasteiger partial charge in [0.25, 0.3) is 0 Å². The van der Waals surface area contributed by atoms with Gasteiger partial charge in [-0.05, 0) is 38.1 Å². The van der Waals surface area contributed by atoms with E-state index in [1.807, 2.05) is 18.7 Å². The van der Waals surface area contributed by atoms with Crippen LogP contribution in [0.1, 0.15) is 20.8 Å². The number of morpholine rings is 1. The molecule has 1 aromatic heterocycles. The van der Waals surface area contributed by atoms with Gasteiger partial charge in [-0.2, -0.15) is 0 Å². The predicted octanol–water partition coefficient (Wildman–Crippen LogP) is 3.04. The Morgan fingerprint density at radius 3 is 2.25 bits per heavy atom. The number of thiazole rings is 1. The highest BCUT2D eigenvalue weighted by Gasteiger charge is 2.34. The van der Waals surface area contributed by atoms with Crippen LogP contribution in [-0.4, -0.2) is 52.9 Å². The summed E-state index contributed by atoms with van der Waals surface area (Å²) in [7, 11) is -7.68. The summed E-state index contributed by atoms with van der Waals surface area (Å²) in [5, 5.41) is 0.486. The van der Waals surface area contributed by atoms with Gasteiger partial charge in [0.05, 0.1) is 22.9 Å². The first kappa shape index (κ1) is 21.5. The summed E-state index contributed by atoms with van der Waals surface area (Å²) in [6.07, 6.45) is -0.244. The van der Waals surface area contributed by atoms with E-state index in [0.29, 0.717) is 23.1 Å². The highest BCUT2D eigenvalue weighted by atomic mass is 35.5. The molecule has 0 saturated carbocycles. The number of rotatable bonds is 5. The van der Waals surface area contributed by atoms with Crippen molar-refractivity contribution in [3.63, 3.8) is 0 Å². The van der Waals surface area contributed by atoms with Crippen LogP contribution in [0.4, 0.5) is 5.00 Å². The third kappa shape index (κ3) is 4.20. The maximum absolute atomic E-state index is 13.2. The topological polar surface area (TPSA) is 93.6 Å². The average Bonchev–Trinajstić information content (AvgIpc) is 3.08. The first-order valence-corrected chi connectivity index (χ1v) is 13.0. The number of benzene rings is 1. The Kier molecular flexibility index (Phi) is 6.07. The average molecular weight is 465 g/mol. The summed E-state index contributed by atoms with van der Waals surface area (Å²) in [6, 6.07) is 5.73. The highest BCUT2D eigenvalue weighted by molar-refractivity contribution is 7.94. The van der Waals surface area contributed by atoms with Crippen LogP contribution < -0.4 is 4.90 Å². The summed E-state index contributed by atoms with van der Waals surface area (Å²) in [5.41, 5.74) is 0. The third-order valence-electron chi connectivity index (χ3n) is 4.29. The molecule has 2 aromatic rings. The van der Waals surface area contributed by atoms with E-state index in [0.717, 1.165) is 11.3 Å². The van der Waals surface area contributed by atoms with Gasteiger partial charge in [0.1, 0.15) is 5.00 Å². The lowest BCUT2D eigenvalue weighted by Gasteiger charge is -2.36. The second-order valence-corrected chi connectivity index (χ2v) is 12.3. The molecule has 0 radical (unpaired) electrons. The van der Waals surface area contributed by atoms with Crippen molar-refractivity contribution in [1.29, 1.82) is 0 Å². The molecule has 1 aliphatic rings. The summed E-state index contributed by atoms with van der Waals surface area (Å²) in [4.78, 5) is 5.93. The molecule has 1 fully saturated rings. The van der Waals surface area contributed by atoms with Crippen molar-refractivity contribution in [1.82, 2.24) is 4.98 Å². The van der Waals surface area contributed by atoms with Gasteiger partial charge in [-0.25, -0.2) is 21.8 Å². The Labute approximate surface area is 174 Å². The third-order valence-corrected chi connectivity index (χ3v) is 9.66. The Morgan fingerprint density at radius 1 is 1.14 bits per heavy atom. The van der Waals surface area contributed by atoms with Gasteiger partial charge in [-0.15, -0.1) is 0 Å². The molecule has 0 aliphatic carbocycles. The van der Waals surface area contributed by atoms with Crippen LogP contribution in [0.5, 0.6) is 0 Å². The van der Waals surface area contributed by atoms with E-state index in [-0.39, 0.29) is 32.2 Å². The molecule has 0 bridgehead atoms. The van der Waals surface area contributed by atoms with Crippen LogP contribution in [0.15, 0.2) is 38.5 Å². The summed E-state index contributed by atoms with van der Waals surface area (Å²) in [6.45, 7) is 6.17. The summed E-state index contributed by atoms with van der Waals surface area (Å²) < 4.78 is 56.8. The fourth-order valence-electron chi connectivity index (χ4n) is 2.98. The van der Waals surface area contributed by atoms with E-state index < -0.39 is 19.7 Å². The van der Waals surface area contributed by atoms with E-state index in [1.165, 1.54) is 31.2 Å². The maximum atomic E-state index is 13.2. The van der Waals surface area contributed by atoms with Gasteiger partial charge in [-0.3, -0.25) is 0 Å². The van der Waals surface area contributed by atoms with Crippen LogP contribution in [0.2, 0.25) is 5.02 Å². The van der Waals surface area contributed by atoms with Crippen molar-refractivity contribution in [3.8, 4) is 0 Å². The van der Waals surface area contributed by atoms with Crippen molar-refractivity contribution in [2.45, 2.75) is 47.2 Å². The molecule has 1 saturated heterocycles. The lowest BCUT2D eigenvalue weighted by atomic mass is 10.2. The SMILES string of the molecule is CCS(=O)(=O)c1nc(S(=O)(=O)c2ccc(Cl)cc2)c(N2C[C@@H](C)O[C@H](C)C2)s1. The number of nitrogens with zero attached hydrogens (tertiary/aromatic N) is 2. The van der Waals surface area contributed by atoms with Gasteiger partial charge in [0, 0.05) is 18.1 Å². The van der Waals surface area contributed by atoms with E-state index in [1.54, 1.807) is 0 Å². The second-order valence-electron chi connectivity index (χ2n) is 6.61. The minimum absolute atomic E-state index is 0.0123. The molecule has 7 nitrogen and oxygen atoms in total. The van der Waals surface area contributed by atoms with Crippen LogP contribution in [0, 0.1) is 0 Å². The molecule has 3 rings (SSSR count). The monoisotopic (exact) mass is 464 g/mol. The fraction of sp³-hybridized carbons (Fsp3) is 0.471. The standard InChI is InChI=1S/C17H21ClN2O5S3/c1-4-27(21,22)17-19-15(28(23,24)14-7-5-13(18)6-8-14)16(26-17)20-9-11(2)25-12(3)10-20/h5-8,11-12H,4,9-10H2,1-3H3/t11-,12-/m1/s1. The summed E-state index contributed by atoms with van der Waals surface area (Å²) in [5.74, 6) is -0.156. The van der Waals surface area contributed by atoms with Crippen LogP contribution in [0.3, 0.4) is 0 Å². The van der Waals surface area contributed by atoms with E-state index in [2.05, 4.69) is 4.98 Å². The van der Waals surface area contributed by atoms with Gasteiger partial charge in [0.2, 0.25) is 24.0 Å². The molecule has 154 valence electrons. The van der Waals surface area contributed by atoms with Crippen molar-refractivity contribution < 1.29 is 21.6 Å². The molecule has 28 heavy (non-hydrogen) atoms. The maximum Gasteiger partial charge on any atom is 0.226 e. The number of halogens is 1. The minimum atomic E-state index is -4.02. The van der Waals surface area contributed by atoms with Crippen molar-refractivity contribution in [2.24, 2.45) is 0 Å². The fourth-order valence-corrected chi connectivity index (χ4v) is 7.25. The lowest BCUT2D eigenvalue weighted by molar-refractivity contribution is -0.00517. The predicted molar refractivity (Wildman–Crippen MR) is 109 cm³/mol. The normalized spacial score (nSPS) is 21.1. The van der Waals surface area contributed by atoms with Crippen LogP contribution in [0.25, 0.3) is 0 Å². The molecule has 0 amide bonds. The van der Waals surface area contributed by atoms with Gasteiger partial charge < -0.3 is 9.64 Å².